The third kappa shape index (κ3) is 1.32. The molecule has 0 spiro atoms. The van der Waals surface area contributed by atoms with Gasteiger partial charge in [-0.2, -0.15) is 0 Å². The summed E-state index contributed by atoms with van der Waals surface area (Å²) in [6, 6.07) is 4.16. The van der Waals surface area contributed by atoms with E-state index in [1.807, 2.05) is 0 Å². The topological polar surface area (TPSA) is 26.0 Å². The molecule has 0 aromatic carbocycles. The van der Waals surface area contributed by atoms with Gasteiger partial charge in [-0.1, -0.05) is 0 Å². The zero-order valence-corrected chi connectivity index (χ0v) is 5.53. The lowest BCUT2D eigenvalue weighted by Crippen LogP contribution is -1.97. The zero-order valence-electron chi connectivity index (χ0n) is 4.71. The molecule has 0 amide bonds. The van der Waals surface area contributed by atoms with E-state index in [0.717, 1.165) is 12.3 Å². The van der Waals surface area contributed by atoms with Crippen LogP contribution in [0, 0.1) is 0 Å². The molecular formula is C6H10NS+. The van der Waals surface area contributed by atoms with E-state index < -0.39 is 0 Å². The minimum absolute atomic E-state index is 0.387. The highest BCUT2D eigenvalue weighted by Gasteiger charge is 1.95. The summed E-state index contributed by atoms with van der Waals surface area (Å²) in [5.74, 6) is 1.12. The van der Waals surface area contributed by atoms with Gasteiger partial charge in [0.05, 0.1) is 0 Å². The van der Waals surface area contributed by atoms with Gasteiger partial charge >= 0.3 is 0 Å². The maximum absolute atomic E-state index is 5.35. The molecule has 1 aromatic rings. The molecule has 0 fully saturated rings. The van der Waals surface area contributed by atoms with Gasteiger partial charge < -0.3 is 5.73 Å². The molecule has 1 nitrogen and oxygen atoms in total. The molecule has 0 aliphatic carbocycles. The standard InChI is InChI=1S/C6H10NS/c7-3-6-8-4-1-2-5-8/h1-2,4-5H,3,6-7H2/q+1. The van der Waals surface area contributed by atoms with E-state index >= 15 is 0 Å². The van der Waals surface area contributed by atoms with Gasteiger partial charge in [-0.05, 0) is 22.6 Å². The summed E-state index contributed by atoms with van der Waals surface area (Å²) in [5.41, 5.74) is 5.35. The lowest BCUT2D eigenvalue weighted by Gasteiger charge is -1.78. The normalized spacial score (nSPS) is 9.62. The maximum atomic E-state index is 5.35. The van der Waals surface area contributed by atoms with Crippen LogP contribution in [0.15, 0.2) is 22.9 Å². The van der Waals surface area contributed by atoms with Crippen LogP contribution in [0.25, 0.3) is 0 Å². The fourth-order valence-corrected chi connectivity index (χ4v) is 1.83. The lowest BCUT2D eigenvalue weighted by atomic mass is 10.7. The van der Waals surface area contributed by atoms with Crippen molar-refractivity contribution in [3.05, 3.63) is 22.9 Å². The van der Waals surface area contributed by atoms with Crippen molar-refractivity contribution in [3.63, 3.8) is 0 Å². The van der Waals surface area contributed by atoms with E-state index in [9.17, 15) is 0 Å². The molecule has 1 aromatic heterocycles. The predicted molar refractivity (Wildman–Crippen MR) is 38.0 cm³/mol. The Kier molecular flexibility index (Phi) is 2.06. The predicted octanol–water partition coefficient (Wildman–Crippen LogP) is 1.39. The summed E-state index contributed by atoms with van der Waals surface area (Å²) in [6.45, 7) is 0.803. The van der Waals surface area contributed by atoms with Crippen LogP contribution in [-0.4, -0.2) is 6.54 Å². The maximum Gasteiger partial charge on any atom is 0.139 e. The van der Waals surface area contributed by atoms with E-state index in [1.165, 1.54) is 0 Å². The number of hydrogen-bond donors (Lipinski definition) is 1. The SMILES string of the molecule is NCC[s+]1cccc1. The van der Waals surface area contributed by atoms with Crippen LogP contribution in [0.5, 0.6) is 0 Å². The van der Waals surface area contributed by atoms with Crippen molar-refractivity contribution in [1.82, 2.24) is 0 Å². The van der Waals surface area contributed by atoms with Gasteiger partial charge in [0.1, 0.15) is 16.5 Å². The first-order valence-corrected chi connectivity index (χ1v) is 4.19. The molecule has 0 saturated heterocycles. The zero-order chi connectivity index (χ0) is 5.82. The van der Waals surface area contributed by atoms with Crippen molar-refractivity contribution >= 4 is 10.5 Å². The van der Waals surface area contributed by atoms with Crippen LogP contribution in [0.1, 0.15) is 0 Å². The highest BCUT2D eigenvalue weighted by atomic mass is 32.2. The van der Waals surface area contributed by atoms with Crippen molar-refractivity contribution in [1.29, 1.82) is 0 Å². The number of hydrogen-bond acceptors (Lipinski definition) is 1. The molecule has 2 heteroatoms. The Hall–Kier alpha value is -0.340. The summed E-state index contributed by atoms with van der Waals surface area (Å²) in [7, 11) is 0.387. The molecule has 44 valence electrons. The van der Waals surface area contributed by atoms with Crippen LogP contribution in [0.4, 0.5) is 0 Å². The summed E-state index contributed by atoms with van der Waals surface area (Å²) in [6.07, 6.45) is 0. The number of rotatable bonds is 2. The first-order chi connectivity index (χ1) is 3.93. The molecule has 8 heavy (non-hydrogen) atoms. The van der Waals surface area contributed by atoms with E-state index in [1.54, 1.807) is 0 Å². The van der Waals surface area contributed by atoms with Crippen molar-refractivity contribution in [3.8, 4) is 0 Å². The van der Waals surface area contributed by atoms with Gasteiger partial charge in [-0.15, -0.1) is 0 Å². The molecule has 1 rings (SSSR count). The van der Waals surface area contributed by atoms with Crippen LogP contribution in [0.3, 0.4) is 0 Å². The van der Waals surface area contributed by atoms with Crippen molar-refractivity contribution in [2.75, 3.05) is 6.54 Å². The van der Waals surface area contributed by atoms with Gasteiger partial charge in [-0.25, -0.2) is 0 Å². The van der Waals surface area contributed by atoms with Gasteiger partial charge in [-0.3, -0.25) is 0 Å². The smallest absolute Gasteiger partial charge is 0.139 e. The van der Waals surface area contributed by atoms with Gasteiger partial charge in [0.15, 0.2) is 0 Å². The largest absolute Gasteiger partial charge is 0.326 e. The molecule has 2 N–H and O–H groups in total. The van der Waals surface area contributed by atoms with Crippen LogP contribution in [-0.2, 0) is 5.75 Å². The Morgan fingerprint density at radius 1 is 1.25 bits per heavy atom. The molecule has 0 unspecified atom stereocenters. The first-order valence-electron chi connectivity index (χ1n) is 2.67. The third-order valence-electron chi connectivity index (χ3n) is 0.971. The second-order valence-corrected chi connectivity index (χ2v) is 3.51. The Morgan fingerprint density at radius 2 is 1.88 bits per heavy atom. The van der Waals surface area contributed by atoms with E-state index in [2.05, 4.69) is 22.9 Å². The van der Waals surface area contributed by atoms with Crippen molar-refractivity contribution in [2.24, 2.45) is 5.73 Å². The summed E-state index contributed by atoms with van der Waals surface area (Å²) in [4.78, 5) is 0. The number of thiophene rings is 1. The third-order valence-corrected chi connectivity index (χ3v) is 2.69. The minimum atomic E-state index is 0.387. The monoisotopic (exact) mass is 128 g/mol. The molecule has 0 saturated carbocycles. The summed E-state index contributed by atoms with van der Waals surface area (Å²) in [5, 5.41) is 4.40. The summed E-state index contributed by atoms with van der Waals surface area (Å²) < 4.78 is 0. The van der Waals surface area contributed by atoms with Crippen molar-refractivity contribution < 1.29 is 0 Å². The molecule has 1 heterocycles. The summed E-state index contributed by atoms with van der Waals surface area (Å²) >= 11 is 0. The van der Waals surface area contributed by atoms with Crippen LogP contribution >= 0.6 is 10.5 Å². The Bertz CT molecular complexity index is 134. The number of nitrogens with two attached hydrogens (primary N) is 1. The van der Waals surface area contributed by atoms with Gasteiger partial charge in [0, 0.05) is 6.54 Å². The average Bonchev–Trinajstić information content (AvgIpc) is 2.19. The lowest BCUT2D eigenvalue weighted by molar-refractivity contribution is 1.08. The van der Waals surface area contributed by atoms with E-state index in [0.29, 0.717) is 10.5 Å². The fraction of sp³-hybridized carbons (Fsp3) is 0.333. The highest BCUT2D eigenvalue weighted by molar-refractivity contribution is 7.27. The average molecular weight is 128 g/mol. The Labute approximate surface area is 52.1 Å². The molecule has 0 atom stereocenters. The molecule has 0 aliphatic heterocycles. The van der Waals surface area contributed by atoms with Crippen LogP contribution in [0.2, 0.25) is 0 Å². The van der Waals surface area contributed by atoms with Gasteiger partial charge in [0.25, 0.3) is 0 Å². The Balaban J connectivity index is 2.50. The second-order valence-electron chi connectivity index (χ2n) is 1.62. The molecule has 0 aliphatic rings. The minimum Gasteiger partial charge on any atom is -0.326 e. The van der Waals surface area contributed by atoms with E-state index in [-0.39, 0.29) is 0 Å². The van der Waals surface area contributed by atoms with E-state index in [4.69, 9.17) is 5.73 Å². The quantitative estimate of drug-likeness (QED) is 0.598. The van der Waals surface area contributed by atoms with Gasteiger partial charge in [0.2, 0.25) is 0 Å². The molecule has 0 radical (unpaired) electrons. The Morgan fingerprint density at radius 3 is 2.38 bits per heavy atom. The second kappa shape index (κ2) is 2.84. The molecular weight excluding hydrogens is 118 g/mol. The first kappa shape index (κ1) is 5.79. The molecule has 0 bridgehead atoms. The highest BCUT2D eigenvalue weighted by Crippen LogP contribution is 2.15. The van der Waals surface area contributed by atoms with Crippen molar-refractivity contribution in [2.45, 2.75) is 5.75 Å². The van der Waals surface area contributed by atoms with Crippen LogP contribution < -0.4 is 5.73 Å². The fourth-order valence-electron chi connectivity index (χ4n) is 0.610.